The van der Waals surface area contributed by atoms with E-state index in [2.05, 4.69) is 13.2 Å². The monoisotopic (exact) mass is 205 g/mol. The highest BCUT2D eigenvalue weighted by molar-refractivity contribution is 4.67. The van der Waals surface area contributed by atoms with E-state index in [-0.39, 0.29) is 18.5 Å². The fraction of sp³-hybridized carbons (Fsp3) is 0.600. The lowest BCUT2D eigenvalue weighted by Gasteiger charge is -2.16. The molecule has 0 saturated carbocycles. The van der Waals surface area contributed by atoms with Gasteiger partial charge in [-0.25, -0.2) is 0 Å². The van der Waals surface area contributed by atoms with Gasteiger partial charge in [-0.1, -0.05) is 13.2 Å². The van der Waals surface area contributed by atoms with E-state index in [4.69, 9.17) is 5.11 Å². The van der Waals surface area contributed by atoms with Crippen LogP contribution in [0.25, 0.3) is 0 Å². The van der Waals surface area contributed by atoms with Gasteiger partial charge in [0.1, 0.15) is 0 Å². The van der Waals surface area contributed by atoms with Gasteiger partial charge >= 0.3 is 0 Å². The standard InChI is InChI=1S/C10H19NO.ClH/c1-4-7-11(8-5-2)9-6-10(3)12;/h4-5,10,12H,1-2,6-9H2,3H3;1H. The number of aliphatic hydroxyl groups excluding tert-OH is 1. The number of aliphatic hydroxyl groups is 1. The minimum absolute atomic E-state index is 0. The van der Waals surface area contributed by atoms with Gasteiger partial charge < -0.3 is 22.4 Å². The zero-order chi connectivity index (χ0) is 9.40. The molecule has 1 atom stereocenters. The van der Waals surface area contributed by atoms with Gasteiger partial charge in [0, 0.05) is 6.42 Å². The average molecular weight is 206 g/mol. The molecule has 0 aliphatic heterocycles. The first-order valence-corrected chi connectivity index (χ1v) is 4.44. The van der Waals surface area contributed by atoms with E-state index in [1.807, 2.05) is 19.1 Å². The minimum Gasteiger partial charge on any atom is -1.00 e. The second kappa shape index (κ2) is 9.78. The number of halogens is 1. The summed E-state index contributed by atoms with van der Waals surface area (Å²) in [5.41, 5.74) is 0. The Labute approximate surface area is 87.4 Å². The van der Waals surface area contributed by atoms with Crippen LogP contribution in [0.4, 0.5) is 0 Å². The lowest BCUT2D eigenvalue weighted by atomic mass is 10.2. The van der Waals surface area contributed by atoms with Crippen LogP contribution in [-0.4, -0.2) is 30.8 Å². The average Bonchev–Trinajstić information content (AvgIpc) is 2.01. The van der Waals surface area contributed by atoms with Crippen LogP contribution in [0.1, 0.15) is 13.3 Å². The maximum absolute atomic E-state index is 9.07. The molecule has 0 fully saturated rings. The van der Waals surface area contributed by atoms with Crippen molar-refractivity contribution in [3.8, 4) is 0 Å². The number of rotatable bonds is 7. The van der Waals surface area contributed by atoms with Gasteiger partial charge in [-0.2, -0.15) is 0 Å². The summed E-state index contributed by atoms with van der Waals surface area (Å²) in [7, 11) is 0. The van der Waals surface area contributed by atoms with E-state index in [0.717, 1.165) is 26.1 Å². The van der Waals surface area contributed by atoms with Crippen LogP contribution in [0.2, 0.25) is 0 Å². The molecule has 0 aliphatic rings. The van der Waals surface area contributed by atoms with Crippen molar-refractivity contribution >= 4 is 0 Å². The molecule has 78 valence electrons. The molecule has 0 radical (unpaired) electrons. The summed E-state index contributed by atoms with van der Waals surface area (Å²) >= 11 is 0. The summed E-state index contributed by atoms with van der Waals surface area (Å²) in [5, 5.41) is 9.07. The summed E-state index contributed by atoms with van der Waals surface area (Å²) in [4.78, 5) is 1.40. The first-order chi connectivity index (χ1) is 5.70. The first-order valence-electron chi connectivity index (χ1n) is 4.44. The van der Waals surface area contributed by atoms with Crippen molar-refractivity contribution in [1.82, 2.24) is 0 Å². The van der Waals surface area contributed by atoms with Gasteiger partial charge in [-0.15, -0.1) is 0 Å². The topological polar surface area (TPSA) is 24.7 Å². The minimum atomic E-state index is -0.199. The Kier molecular flexibility index (Phi) is 11.4. The van der Waals surface area contributed by atoms with Gasteiger partial charge in [0.2, 0.25) is 0 Å². The highest BCUT2D eigenvalue weighted by Crippen LogP contribution is 1.83. The largest absolute Gasteiger partial charge is 1.00 e. The number of hydrogen-bond donors (Lipinski definition) is 2. The molecule has 0 heterocycles. The van der Waals surface area contributed by atoms with Crippen LogP contribution in [-0.2, 0) is 0 Å². The second-order valence-electron chi connectivity index (χ2n) is 3.12. The SMILES string of the molecule is C=CC[NH+](CC=C)CCC(C)O.[Cl-]. The Hall–Kier alpha value is -0.310. The smallest absolute Gasteiger partial charge is 0.0957 e. The fourth-order valence-electron chi connectivity index (χ4n) is 1.11. The normalized spacial score (nSPS) is 11.9. The van der Waals surface area contributed by atoms with E-state index in [1.54, 1.807) is 0 Å². The zero-order valence-electron chi connectivity index (χ0n) is 8.30. The molecule has 2 N–H and O–H groups in total. The molecule has 2 nitrogen and oxygen atoms in total. The van der Waals surface area contributed by atoms with Crippen molar-refractivity contribution in [3.63, 3.8) is 0 Å². The molecule has 0 aromatic carbocycles. The third kappa shape index (κ3) is 9.61. The van der Waals surface area contributed by atoms with Gasteiger partial charge in [-0.05, 0) is 19.1 Å². The van der Waals surface area contributed by atoms with Crippen LogP contribution < -0.4 is 17.3 Å². The van der Waals surface area contributed by atoms with Gasteiger partial charge in [-0.3, -0.25) is 0 Å². The summed E-state index contributed by atoms with van der Waals surface area (Å²) in [6.45, 7) is 12.1. The summed E-state index contributed by atoms with van der Waals surface area (Å²) in [6.07, 6.45) is 4.45. The molecule has 0 aliphatic carbocycles. The first kappa shape index (κ1) is 15.2. The van der Waals surface area contributed by atoms with Crippen LogP contribution in [0.3, 0.4) is 0 Å². The number of hydrogen-bond acceptors (Lipinski definition) is 1. The van der Waals surface area contributed by atoms with Crippen LogP contribution in [0.15, 0.2) is 25.3 Å². The van der Waals surface area contributed by atoms with Crippen molar-refractivity contribution in [2.75, 3.05) is 19.6 Å². The molecule has 0 saturated heterocycles. The van der Waals surface area contributed by atoms with E-state index >= 15 is 0 Å². The Balaban J connectivity index is 0. The van der Waals surface area contributed by atoms with Gasteiger partial charge in [0.15, 0.2) is 0 Å². The molecule has 13 heavy (non-hydrogen) atoms. The highest BCUT2D eigenvalue weighted by atomic mass is 35.5. The summed E-state index contributed by atoms with van der Waals surface area (Å²) in [6, 6.07) is 0. The van der Waals surface area contributed by atoms with Crippen LogP contribution in [0, 0.1) is 0 Å². The maximum atomic E-state index is 9.07. The Morgan fingerprint density at radius 3 is 2.08 bits per heavy atom. The third-order valence-corrected chi connectivity index (χ3v) is 1.78. The second-order valence-corrected chi connectivity index (χ2v) is 3.12. The lowest BCUT2D eigenvalue weighted by Crippen LogP contribution is -3.11. The molecule has 0 aromatic heterocycles. The Bertz CT molecular complexity index is 127. The Morgan fingerprint density at radius 1 is 1.31 bits per heavy atom. The van der Waals surface area contributed by atoms with Crippen molar-refractivity contribution in [2.45, 2.75) is 19.4 Å². The quantitative estimate of drug-likeness (QED) is 0.426. The third-order valence-electron chi connectivity index (χ3n) is 1.78. The molecule has 0 rings (SSSR count). The van der Waals surface area contributed by atoms with Gasteiger partial charge in [0.05, 0.1) is 25.7 Å². The maximum Gasteiger partial charge on any atom is 0.0957 e. The molecular formula is C10H20ClNO. The lowest BCUT2D eigenvalue weighted by molar-refractivity contribution is -0.888. The molecule has 1 unspecified atom stereocenters. The summed E-state index contributed by atoms with van der Waals surface area (Å²) < 4.78 is 0. The van der Waals surface area contributed by atoms with Crippen LogP contribution >= 0.6 is 0 Å². The van der Waals surface area contributed by atoms with E-state index < -0.39 is 0 Å². The predicted molar refractivity (Wildman–Crippen MR) is 52.3 cm³/mol. The highest BCUT2D eigenvalue weighted by Gasteiger charge is 2.05. The van der Waals surface area contributed by atoms with E-state index in [0.29, 0.717) is 0 Å². The van der Waals surface area contributed by atoms with Gasteiger partial charge in [0.25, 0.3) is 0 Å². The molecular weight excluding hydrogens is 186 g/mol. The molecule has 0 aromatic rings. The van der Waals surface area contributed by atoms with E-state index in [9.17, 15) is 0 Å². The van der Waals surface area contributed by atoms with Crippen LogP contribution in [0.5, 0.6) is 0 Å². The predicted octanol–water partition coefficient (Wildman–Crippen LogP) is -2.98. The Morgan fingerprint density at radius 2 is 1.77 bits per heavy atom. The molecule has 0 amide bonds. The van der Waals surface area contributed by atoms with Crippen molar-refractivity contribution in [2.24, 2.45) is 0 Å². The van der Waals surface area contributed by atoms with E-state index in [1.165, 1.54) is 4.90 Å². The molecule has 3 heteroatoms. The van der Waals surface area contributed by atoms with Crippen molar-refractivity contribution in [3.05, 3.63) is 25.3 Å². The number of quaternary nitrogens is 1. The van der Waals surface area contributed by atoms with Crippen molar-refractivity contribution < 1.29 is 22.4 Å². The number of nitrogens with one attached hydrogen (secondary N) is 1. The fourth-order valence-corrected chi connectivity index (χ4v) is 1.11. The molecule has 0 spiro atoms. The summed E-state index contributed by atoms with van der Waals surface area (Å²) in [5.74, 6) is 0. The molecule has 0 bridgehead atoms. The van der Waals surface area contributed by atoms with Crippen molar-refractivity contribution in [1.29, 1.82) is 0 Å². The zero-order valence-corrected chi connectivity index (χ0v) is 9.06.